The normalized spacial score (nSPS) is 13.0. The summed E-state index contributed by atoms with van der Waals surface area (Å²) in [6, 6.07) is 13.5. The standard InChI is InChI=1S/C19H14N6O/c20-19-15(18(26)13-7-11-3-1-2-4-12(11)8-13)10-21-25(19)14-5-6-16-17(9-14)23-24-22-16/h1-7,9-10H,8,20H2,(H,22,23,24). The van der Waals surface area contributed by atoms with E-state index in [0.29, 0.717) is 23.3 Å². The number of aromatic nitrogens is 5. The lowest BCUT2D eigenvalue weighted by atomic mass is 10.0. The molecule has 4 aromatic rings. The van der Waals surface area contributed by atoms with E-state index in [1.165, 1.54) is 6.20 Å². The summed E-state index contributed by atoms with van der Waals surface area (Å²) in [6.07, 6.45) is 4.06. The highest BCUT2D eigenvalue weighted by atomic mass is 16.1. The Bertz CT molecular complexity index is 1200. The number of rotatable bonds is 3. The van der Waals surface area contributed by atoms with Gasteiger partial charge in [-0.2, -0.15) is 20.5 Å². The number of nitrogens with two attached hydrogens (primary N) is 1. The molecule has 0 saturated heterocycles. The highest BCUT2D eigenvalue weighted by Gasteiger charge is 2.23. The second-order valence-corrected chi connectivity index (χ2v) is 6.23. The van der Waals surface area contributed by atoms with Crippen molar-refractivity contribution in [1.29, 1.82) is 0 Å². The van der Waals surface area contributed by atoms with Crippen molar-refractivity contribution in [2.24, 2.45) is 0 Å². The van der Waals surface area contributed by atoms with Gasteiger partial charge in [0.2, 0.25) is 0 Å². The van der Waals surface area contributed by atoms with Crippen molar-refractivity contribution in [3.05, 3.63) is 70.9 Å². The van der Waals surface area contributed by atoms with Gasteiger partial charge in [-0.3, -0.25) is 4.79 Å². The van der Waals surface area contributed by atoms with Crippen LogP contribution in [0.5, 0.6) is 0 Å². The van der Waals surface area contributed by atoms with E-state index in [9.17, 15) is 4.79 Å². The van der Waals surface area contributed by atoms with Crippen molar-refractivity contribution in [1.82, 2.24) is 25.2 Å². The van der Waals surface area contributed by atoms with Crippen LogP contribution in [0.15, 0.2) is 54.2 Å². The van der Waals surface area contributed by atoms with Crippen molar-refractivity contribution in [2.45, 2.75) is 6.42 Å². The van der Waals surface area contributed by atoms with E-state index in [4.69, 9.17) is 5.73 Å². The number of H-pyrrole nitrogens is 1. The van der Waals surface area contributed by atoms with Crippen LogP contribution >= 0.6 is 0 Å². The van der Waals surface area contributed by atoms with Crippen molar-refractivity contribution in [2.75, 3.05) is 5.73 Å². The molecule has 1 aliphatic rings. The topological polar surface area (TPSA) is 102 Å². The molecule has 7 nitrogen and oxygen atoms in total. The Balaban J connectivity index is 1.51. The smallest absolute Gasteiger partial charge is 0.194 e. The molecule has 26 heavy (non-hydrogen) atoms. The van der Waals surface area contributed by atoms with Crippen molar-refractivity contribution in [3.8, 4) is 5.69 Å². The molecule has 3 N–H and O–H groups in total. The van der Waals surface area contributed by atoms with Crippen LogP contribution in [0, 0.1) is 0 Å². The third kappa shape index (κ3) is 2.14. The summed E-state index contributed by atoms with van der Waals surface area (Å²) in [7, 11) is 0. The van der Waals surface area contributed by atoms with E-state index in [0.717, 1.165) is 27.9 Å². The Labute approximate surface area is 148 Å². The lowest BCUT2D eigenvalue weighted by Gasteiger charge is -2.05. The molecule has 7 heteroatoms. The predicted octanol–water partition coefficient (Wildman–Crippen LogP) is 2.55. The first-order valence-corrected chi connectivity index (χ1v) is 8.18. The van der Waals surface area contributed by atoms with Crippen molar-refractivity contribution in [3.63, 3.8) is 0 Å². The SMILES string of the molecule is Nc1c(C(=O)C2=Cc3ccccc3C2)cnn1-c1ccc2n[nH]nc2c1. The number of benzene rings is 2. The number of anilines is 1. The fourth-order valence-electron chi connectivity index (χ4n) is 3.30. The number of fused-ring (bicyclic) bond motifs is 2. The molecule has 0 unspecified atom stereocenters. The summed E-state index contributed by atoms with van der Waals surface area (Å²) in [5.41, 5.74) is 11.8. The Hall–Kier alpha value is -3.74. The van der Waals surface area contributed by atoms with Gasteiger partial charge in [0.05, 0.1) is 17.4 Å². The maximum absolute atomic E-state index is 12.9. The first-order chi connectivity index (χ1) is 12.7. The number of allylic oxidation sites excluding steroid dienone is 1. The first kappa shape index (κ1) is 14.6. The minimum absolute atomic E-state index is 0.0903. The molecule has 2 aromatic carbocycles. The third-order valence-electron chi connectivity index (χ3n) is 4.65. The van der Waals surface area contributed by atoms with Crippen LogP contribution in [0.25, 0.3) is 22.8 Å². The molecule has 0 spiro atoms. The summed E-state index contributed by atoms with van der Waals surface area (Å²) in [5.74, 6) is 0.224. The lowest BCUT2D eigenvalue weighted by molar-refractivity contribution is 0.103. The van der Waals surface area contributed by atoms with Crippen molar-refractivity contribution < 1.29 is 4.79 Å². The van der Waals surface area contributed by atoms with Gasteiger partial charge in [-0.05, 0) is 35.4 Å². The minimum atomic E-state index is -0.0903. The number of hydrogen-bond acceptors (Lipinski definition) is 5. The number of hydrogen-bond donors (Lipinski definition) is 2. The Morgan fingerprint density at radius 1 is 1.12 bits per heavy atom. The number of carbonyl (C=O) groups excluding carboxylic acids is 1. The van der Waals surface area contributed by atoms with Gasteiger partial charge >= 0.3 is 0 Å². The summed E-state index contributed by atoms with van der Waals surface area (Å²) in [5, 5.41) is 15.0. The minimum Gasteiger partial charge on any atom is -0.383 e. The van der Waals surface area contributed by atoms with Crippen LogP contribution in [0.2, 0.25) is 0 Å². The van der Waals surface area contributed by atoms with Crippen molar-refractivity contribution >= 4 is 28.7 Å². The third-order valence-corrected chi connectivity index (χ3v) is 4.65. The van der Waals surface area contributed by atoms with Crippen LogP contribution in [0.3, 0.4) is 0 Å². The number of ketones is 1. The fraction of sp³-hybridized carbons (Fsp3) is 0.0526. The number of nitrogens with one attached hydrogen (secondary N) is 1. The van der Waals surface area contributed by atoms with Crippen LogP contribution in [-0.4, -0.2) is 31.0 Å². The van der Waals surface area contributed by atoms with E-state index in [2.05, 4.69) is 20.5 Å². The molecule has 2 heterocycles. The molecule has 0 atom stereocenters. The molecule has 0 amide bonds. The van der Waals surface area contributed by atoms with E-state index in [1.54, 1.807) is 4.68 Å². The molecule has 0 bridgehead atoms. The zero-order valence-electron chi connectivity index (χ0n) is 13.7. The fourth-order valence-corrected chi connectivity index (χ4v) is 3.30. The monoisotopic (exact) mass is 342 g/mol. The molecule has 1 aliphatic carbocycles. The van der Waals surface area contributed by atoms with E-state index in [-0.39, 0.29) is 5.78 Å². The quantitative estimate of drug-likeness (QED) is 0.557. The van der Waals surface area contributed by atoms with Crippen LogP contribution in [0.4, 0.5) is 5.82 Å². The van der Waals surface area contributed by atoms with Gasteiger partial charge in [0.15, 0.2) is 5.78 Å². The molecule has 0 aliphatic heterocycles. The van der Waals surface area contributed by atoms with Gasteiger partial charge in [-0.1, -0.05) is 24.3 Å². The first-order valence-electron chi connectivity index (χ1n) is 8.18. The number of carbonyl (C=O) groups is 1. The zero-order chi connectivity index (χ0) is 17.7. The summed E-state index contributed by atoms with van der Waals surface area (Å²) in [4.78, 5) is 12.9. The van der Waals surface area contributed by atoms with Crippen LogP contribution in [-0.2, 0) is 6.42 Å². The highest BCUT2D eigenvalue weighted by Crippen LogP contribution is 2.29. The van der Waals surface area contributed by atoms with Crippen LogP contribution in [0.1, 0.15) is 21.5 Å². The molecule has 0 fully saturated rings. The number of Topliss-reactive ketones (excluding diaryl/α,β-unsaturated/α-hetero) is 1. The molecular weight excluding hydrogens is 328 g/mol. The molecule has 0 radical (unpaired) electrons. The Morgan fingerprint density at radius 2 is 1.96 bits per heavy atom. The van der Waals surface area contributed by atoms with E-state index < -0.39 is 0 Å². The van der Waals surface area contributed by atoms with Gasteiger partial charge < -0.3 is 5.73 Å². The number of nitrogens with zero attached hydrogens (tertiary/aromatic N) is 4. The molecule has 126 valence electrons. The second kappa shape index (κ2) is 5.38. The maximum Gasteiger partial charge on any atom is 0.194 e. The van der Waals surface area contributed by atoms with Gasteiger partial charge in [-0.15, -0.1) is 0 Å². The molecule has 2 aromatic heterocycles. The predicted molar refractivity (Wildman–Crippen MR) is 97.9 cm³/mol. The summed E-state index contributed by atoms with van der Waals surface area (Å²) in [6.45, 7) is 0. The van der Waals surface area contributed by atoms with E-state index >= 15 is 0 Å². The molecular formula is C19H14N6O. The lowest BCUT2D eigenvalue weighted by Crippen LogP contribution is -2.08. The second-order valence-electron chi connectivity index (χ2n) is 6.23. The molecule has 5 rings (SSSR count). The Morgan fingerprint density at radius 3 is 2.85 bits per heavy atom. The summed E-state index contributed by atoms with van der Waals surface area (Å²) < 4.78 is 1.55. The highest BCUT2D eigenvalue weighted by molar-refractivity contribution is 6.15. The van der Waals surface area contributed by atoms with Gasteiger partial charge in [-0.25, -0.2) is 4.68 Å². The van der Waals surface area contributed by atoms with Gasteiger partial charge in [0, 0.05) is 12.0 Å². The molecule has 0 saturated carbocycles. The number of nitrogen functional groups attached to an aromatic ring is 1. The van der Waals surface area contributed by atoms with Crippen LogP contribution < -0.4 is 5.73 Å². The zero-order valence-corrected chi connectivity index (χ0v) is 13.7. The Kier molecular flexibility index (Phi) is 3.02. The summed E-state index contributed by atoms with van der Waals surface area (Å²) >= 11 is 0. The van der Waals surface area contributed by atoms with Gasteiger partial charge in [0.25, 0.3) is 0 Å². The van der Waals surface area contributed by atoms with E-state index in [1.807, 2.05) is 48.5 Å². The number of aromatic amines is 1. The van der Waals surface area contributed by atoms with Gasteiger partial charge in [0.1, 0.15) is 16.9 Å². The maximum atomic E-state index is 12.9. The average Bonchev–Trinajstić information content (AvgIpc) is 3.38. The average molecular weight is 342 g/mol. The largest absolute Gasteiger partial charge is 0.383 e.